The van der Waals surface area contributed by atoms with Gasteiger partial charge in [0.2, 0.25) is 0 Å². The van der Waals surface area contributed by atoms with Crippen LogP contribution >= 0.6 is 0 Å². The molecule has 3 amide bonds. The second-order valence-corrected chi connectivity index (χ2v) is 6.85. The number of fused-ring (bicyclic) bond motifs is 1. The van der Waals surface area contributed by atoms with E-state index >= 15 is 0 Å². The third-order valence-electron chi connectivity index (χ3n) is 3.60. The van der Waals surface area contributed by atoms with E-state index in [9.17, 15) is 18.4 Å². The first kappa shape index (κ1) is 16.8. The van der Waals surface area contributed by atoms with Crippen LogP contribution in [0.3, 0.4) is 0 Å². The monoisotopic (exact) mass is 319 g/mol. The predicted molar refractivity (Wildman–Crippen MR) is 75.9 cm³/mol. The van der Waals surface area contributed by atoms with E-state index in [0.29, 0.717) is 26.1 Å². The molecule has 126 valence electrons. The van der Waals surface area contributed by atoms with Gasteiger partial charge in [0.1, 0.15) is 5.60 Å². The minimum Gasteiger partial charge on any atom is -0.444 e. The maximum Gasteiger partial charge on any atom is 0.407 e. The molecule has 0 aromatic carbocycles. The lowest BCUT2D eigenvalue weighted by molar-refractivity contribution is 0.0115. The topological polar surface area (TPSA) is 61.9 Å². The number of hydrogen-bond donors (Lipinski definition) is 1. The third-order valence-corrected chi connectivity index (χ3v) is 3.60. The number of hydrogen-bond acceptors (Lipinski definition) is 3. The first-order valence-electron chi connectivity index (χ1n) is 7.48. The molecule has 6 nitrogen and oxygen atoms in total. The van der Waals surface area contributed by atoms with Gasteiger partial charge in [-0.3, -0.25) is 0 Å². The Morgan fingerprint density at radius 1 is 1.45 bits per heavy atom. The molecule has 22 heavy (non-hydrogen) atoms. The summed E-state index contributed by atoms with van der Waals surface area (Å²) in [7, 11) is 0. The predicted octanol–water partition coefficient (Wildman–Crippen LogP) is 2.05. The van der Waals surface area contributed by atoms with Gasteiger partial charge >= 0.3 is 12.1 Å². The van der Waals surface area contributed by atoms with Gasteiger partial charge in [-0.15, -0.1) is 0 Å². The first-order valence-corrected chi connectivity index (χ1v) is 7.48. The highest BCUT2D eigenvalue weighted by atomic mass is 19.3. The SMILES string of the molecule is CC(C)(C)OC(=O)NCCCN1C[C@@H]2CC(F)(F)CN2C1=O. The molecule has 0 aromatic heterocycles. The molecule has 0 spiro atoms. The summed E-state index contributed by atoms with van der Waals surface area (Å²) in [6.07, 6.45) is -0.201. The average Bonchev–Trinajstić information content (AvgIpc) is 2.77. The van der Waals surface area contributed by atoms with Gasteiger partial charge in [-0.2, -0.15) is 0 Å². The van der Waals surface area contributed by atoms with Crippen LogP contribution in [0.4, 0.5) is 18.4 Å². The molecule has 0 radical (unpaired) electrons. The summed E-state index contributed by atoms with van der Waals surface area (Å²) in [5.41, 5.74) is -0.551. The molecule has 2 saturated heterocycles. The Morgan fingerprint density at radius 3 is 2.73 bits per heavy atom. The van der Waals surface area contributed by atoms with E-state index in [1.807, 2.05) is 0 Å². The van der Waals surface area contributed by atoms with Crippen LogP contribution in [0.15, 0.2) is 0 Å². The maximum atomic E-state index is 13.2. The second kappa shape index (κ2) is 5.89. The highest BCUT2D eigenvalue weighted by molar-refractivity contribution is 5.77. The number of nitrogens with zero attached hydrogens (tertiary/aromatic N) is 2. The number of amides is 3. The lowest BCUT2D eigenvalue weighted by Crippen LogP contribution is -2.37. The molecule has 0 aliphatic carbocycles. The number of carbonyl (C=O) groups excluding carboxylic acids is 2. The van der Waals surface area contributed by atoms with E-state index in [-0.39, 0.29) is 18.5 Å². The number of ether oxygens (including phenoxy) is 1. The number of urea groups is 1. The first-order chi connectivity index (χ1) is 10.1. The van der Waals surface area contributed by atoms with Crippen molar-refractivity contribution >= 4 is 12.1 Å². The van der Waals surface area contributed by atoms with E-state index in [1.54, 1.807) is 25.7 Å². The molecule has 2 heterocycles. The standard InChI is InChI=1S/C14H23F2N3O3/c1-13(2,3)22-11(20)17-5-4-6-18-8-10-7-14(15,16)9-19(10)12(18)21/h10H,4-9H2,1-3H3,(H,17,20)/t10-/m0/s1. The van der Waals surface area contributed by atoms with Crippen molar-refractivity contribution in [3.05, 3.63) is 0 Å². The Kier molecular flexibility index (Phi) is 4.49. The van der Waals surface area contributed by atoms with Crippen LogP contribution in [0.1, 0.15) is 33.6 Å². The fraction of sp³-hybridized carbons (Fsp3) is 0.857. The van der Waals surface area contributed by atoms with Crippen LogP contribution in [0.25, 0.3) is 0 Å². The summed E-state index contributed by atoms with van der Waals surface area (Å²) in [6, 6.07) is -0.722. The van der Waals surface area contributed by atoms with Gasteiger partial charge in [0, 0.05) is 26.1 Å². The molecule has 2 aliphatic heterocycles. The average molecular weight is 319 g/mol. The zero-order valence-electron chi connectivity index (χ0n) is 13.2. The van der Waals surface area contributed by atoms with Crippen LogP contribution in [0.5, 0.6) is 0 Å². The lowest BCUT2D eigenvalue weighted by Gasteiger charge is -2.21. The molecular weight excluding hydrogens is 296 g/mol. The van der Waals surface area contributed by atoms with E-state index in [4.69, 9.17) is 4.74 Å². The minimum absolute atomic E-state index is 0.259. The second-order valence-electron chi connectivity index (χ2n) is 6.85. The minimum atomic E-state index is -2.76. The van der Waals surface area contributed by atoms with Gasteiger partial charge < -0.3 is 19.9 Å². The van der Waals surface area contributed by atoms with E-state index in [1.165, 1.54) is 4.90 Å². The Morgan fingerprint density at radius 2 is 2.14 bits per heavy atom. The zero-order valence-corrected chi connectivity index (χ0v) is 13.2. The molecule has 2 rings (SSSR count). The molecule has 0 bridgehead atoms. The molecule has 2 aliphatic rings. The summed E-state index contributed by atoms with van der Waals surface area (Å²) < 4.78 is 31.5. The van der Waals surface area contributed by atoms with Gasteiger partial charge in [0.15, 0.2) is 0 Å². The summed E-state index contributed by atoms with van der Waals surface area (Å²) in [4.78, 5) is 26.3. The van der Waals surface area contributed by atoms with Crippen molar-refractivity contribution < 1.29 is 23.1 Å². The Bertz CT molecular complexity index is 451. The van der Waals surface area contributed by atoms with Crippen molar-refractivity contribution in [2.75, 3.05) is 26.2 Å². The number of rotatable bonds is 4. The fourth-order valence-corrected chi connectivity index (χ4v) is 2.76. The lowest BCUT2D eigenvalue weighted by atomic mass is 10.2. The Balaban J connectivity index is 1.67. The molecule has 8 heteroatoms. The van der Waals surface area contributed by atoms with Gasteiger partial charge in [-0.25, -0.2) is 18.4 Å². The van der Waals surface area contributed by atoms with Crippen molar-refractivity contribution in [2.24, 2.45) is 0 Å². The number of nitrogens with one attached hydrogen (secondary N) is 1. The smallest absolute Gasteiger partial charge is 0.407 e. The van der Waals surface area contributed by atoms with Crippen LogP contribution in [-0.2, 0) is 4.74 Å². The van der Waals surface area contributed by atoms with E-state index in [2.05, 4.69) is 5.32 Å². The normalized spacial score (nSPS) is 23.7. The van der Waals surface area contributed by atoms with E-state index in [0.717, 1.165) is 0 Å². The van der Waals surface area contributed by atoms with Crippen LogP contribution in [-0.4, -0.2) is 65.7 Å². The largest absolute Gasteiger partial charge is 0.444 e. The summed E-state index contributed by atoms with van der Waals surface area (Å²) >= 11 is 0. The van der Waals surface area contributed by atoms with Crippen molar-refractivity contribution in [1.82, 2.24) is 15.1 Å². The molecule has 1 N–H and O–H groups in total. The van der Waals surface area contributed by atoms with Crippen LogP contribution in [0.2, 0.25) is 0 Å². The molecule has 1 atom stereocenters. The summed E-state index contributed by atoms with van der Waals surface area (Å²) in [6.45, 7) is 5.99. The molecule has 0 aromatic rings. The number of alkyl carbamates (subject to hydrolysis) is 1. The van der Waals surface area contributed by atoms with Crippen molar-refractivity contribution in [1.29, 1.82) is 0 Å². The molecule has 0 saturated carbocycles. The summed E-state index contributed by atoms with van der Waals surface area (Å²) in [5, 5.41) is 2.61. The molecule has 2 fully saturated rings. The van der Waals surface area contributed by atoms with Gasteiger partial charge in [-0.1, -0.05) is 0 Å². The Hall–Kier alpha value is -1.60. The van der Waals surface area contributed by atoms with Crippen molar-refractivity contribution in [3.8, 4) is 0 Å². The number of halogens is 2. The number of carbonyl (C=O) groups is 2. The van der Waals surface area contributed by atoms with Gasteiger partial charge in [-0.05, 0) is 27.2 Å². The fourth-order valence-electron chi connectivity index (χ4n) is 2.76. The van der Waals surface area contributed by atoms with Gasteiger partial charge in [0.25, 0.3) is 5.92 Å². The van der Waals surface area contributed by atoms with Gasteiger partial charge in [0.05, 0.1) is 12.6 Å². The van der Waals surface area contributed by atoms with Crippen LogP contribution < -0.4 is 5.32 Å². The third kappa shape index (κ3) is 4.20. The molecule has 0 unspecified atom stereocenters. The maximum absolute atomic E-state index is 13.2. The number of alkyl halides is 2. The zero-order chi connectivity index (χ0) is 16.5. The van der Waals surface area contributed by atoms with E-state index < -0.39 is 24.2 Å². The highest BCUT2D eigenvalue weighted by Crippen LogP contribution is 2.36. The molecular formula is C14H23F2N3O3. The van der Waals surface area contributed by atoms with Crippen LogP contribution in [0, 0.1) is 0 Å². The quantitative estimate of drug-likeness (QED) is 0.807. The Labute approximate surface area is 128 Å². The highest BCUT2D eigenvalue weighted by Gasteiger charge is 2.52. The van der Waals surface area contributed by atoms with Crippen molar-refractivity contribution in [3.63, 3.8) is 0 Å². The summed E-state index contributed by atoms with van der Waals surface area (Å²) in [5.74, 6) is -2.76. The van der Waals surface area contributed by atoms with Crippen molar-refractivity contribution in [2.45, 2.75) is 51.2 Å².